The molecule has 0 unspecified atom stereocenters. The molecule has 29 heavy (non-hydrogen) atoms. The fraction of sp³-hybridized carbons (Fsp3) is 0.0909. The molecule has 3 aromatic carbocycles. The zero-order valence-corrected chi connectivity index (χ0v) is 18.5. The van der Waals surface area contributed by atoms with Gasteiger partial charge < -0.3 is 0 Å². The zero-order valence-electron chi connectivity index (χ0n) is 15.4. The Balaban J connectivity index is 1.74. The van der Waals surface area contributed by atoms with Gasteiger partial charge in [-0.15, -0.1) is 10.2 Å². The molecule has 0 N–H and O–H groups in total. The van der Waals surface area contributed by atoms with Gasteiger partial charge in [-0.1, -0.05) is 64.8 Å². The fourth-order valence-corrected chi connectivity index (χ4v) is 4.57. The van der Waals surface area contributed by atoms with Crippen LogP contribution >= 0.6 is 46.6 Å². The molecule has 1 heterocycles. The summed E-state index contributed by atoms with van der Waals surface area (Å²) in [5, 5.41) is 11.7. The van der Waals surface area contributed by atoms with Crippen LogP contribution in [0.5, 0.6) is 0 Å². The van der Waals surface area contributed by atoms with E-state index in [1.165, 1.54) is 0 Å². The van der Waals surface area contributed by atoms with Crippen molar-refractivity contribution in [1.82, 2.24) is 14.8 Å². The summed E-state index contributed by atoms with van der Waals surface area (Å²) < 4.78 is 2.06. The Morgan fingerprint density at radius 3 is 2.34 bits per heavy atom. The fourth-order valence-electron chi connectivity index (χ4n) is 2.93. The average molecular weight is 461 g/mol. The van der Waals surface area contributed by atoms with Gasteiger partial charge in [0.15, 0.2) is 11.0 Å². The first-order valence-corrected chi connectivity index (χ1v) is 11.0. The van der Waals surface area contributed by atoms with Crippen molar-refractivity contribution >= 4 is 46.6 Å². The number of benzene rings is 3. The van der Waals surface area contributed by atoms with E-state index in [0.29, 0.717) is 20.8 Å². The highest BCUT2D eigenvalue weighted by molar-refractivity contribution is 7.98. The smallest absolute Gasteiger partial charge is 0.196 e. The van der Waals surface area contributed by atoms with Crippen molar-refractivity contribution in [1.29, 1.82) is 0 Å². The van der Waals surface area contributed by atoms with Gasteiger partial charge in [0.25, 0.3) is 0 Å². The molecule has 0 fully saturated rings. The van der Waals surface area contributed by atoms with Crippen LogP contribution in [0.15, 0.2) is 71.9 Å². The second kappa shape index (κ2) is 8.80. The molecule has 0 saturated heterocycles. The van der Waals surface area contributed by atoms with Crippen LogP contribution < -0.4 is 0 Å². The summed E-state index contributed by atoms with van der Waals surface area (Å²) in [7, 11) is 0. The summed E-state index contributed by atoms with van der Waals surface area (Å²) in [6.45, 7) is 2.07. The molecular formula is C22H16Cl3N3S. The van der Waals surface area contributed by atoms with Gasteiger partial charge in [-0.25, -0.2) is 0 Å². The molecule has 4 rings (SSSR count). The summed E-state index contributed by atoms with van der Waals surface area (Å²) in [6.07, 6.45) is 0. The molecule has 0 aliphatic carbocycles. The van der Waals surface area contributed by atoms with E-state index in [1.54, 1.807) is 17.8 Å². The minimum absolute atomic E-state index is 0.622. The molecular weight excluding hydrogens is 445 g/mol. The van der Waals surface area contributed by atoms with Crippen molar-refractivity contribution in [2.45, 2.75) is 17.8 Å². The van der Waals surface area contributed by atoms with Crippen molar-refractivity contribution in [2.75, 3.05) is 0 Å². The van der Waals surface area contributed by atoms with E-state index in [4.69, 9.17) is 34.8 Å². The summed E-state index contributed by atoms with van der Waals surface area (Å²) >= 11 is 20.0. The topological polar surface area (TPSA) is 30.7 Å². The van der Waals surface area contributed by atoms with Crippen molar-refractivity contribution in [3.63, 3.8) is 0 Å². The minimum atomic E-state index is 0.622. The number of hydrogen-bond donors (Lipinski definition) is 0. The number of halogens is 3. The first-order valence-electron chi connectivity index (χ1n) is 8.86. The number of thioether (sulfide) groups is 1. The van der Waals surface area contributed by atoms with E-state index in [9.17, 15) is 0 Å². The van der Waals surface area contributed by atoms with Gasteiger partial charge in [0.05, 0.1) is 0 Å². The number of hydrogen-bond acceptors (Lipinski definition) is 3. The van der Waals surface area contributed by atoms with Crippen LogP contribution in [0.25, 0.3) is 17.1 Å². The van der Waals surface area contributed by atoms with Crippen LogP contribution in [0.3, 0.4) is 0 Å². The summed E-state index contributed by atoms with van der Waals surface area (Å²) in [6, 6.07) is 21.4. The largest absolute Gasteiger partial charge is 0.270 e. The Bertz CT molecular complexity index is 1160. The second-order valence-corrected chi connectivity index (χ2v) is 8.73. The lowest BCUT2D eigenvalue weighted by atomic mass is 10.2. The van der Waals surface area contributed by atoms with Crippen molar-refractivity contribution in [3.05, 3.63) is 92.9 Å². The van der Waals surface area contributed by atoms with Crippen molar-refractivity contribution < 1.29 is 0 Å². The van der Waals surface area contributed by atoms with E-state index in [2.05, 4.69) is 39.9 Å². The number of rotatable bonds is 5. The van der Waals surface area contributed by atoms with Gasteiger partial charge in [0.2, 0.25) is 0 Å². The average Bonchev–Trinajstić information content (AvgIpc) is 3.12. The van der Waals surface area contributed by atoms with Crippen LogP contribution in [0.2, 0.25) is 15.1 Å². The van der Waals surface area contributed by atoms with Crippen LogP contribution in [-0.4, -0.2) is 14.8 Å². The highest BCUT2D eigenvalue weighted by Gasteiger charge is 2.17. The van der Waals surface area contributed by atoms with Gasteiger partial charge in [-0.2, -0.15) is 0 Å². The number of aromatic nitrogens is 3. The second-order valence-electron chi connectivity index (χ2n) is 6.51. The summed E-state index contributed by atoms with van der Waals surface area (Å²) in [5.41, 5.74) is 4.10. The Kier molecular flexibility index (Phi) is 6.16. The Morgan fingerprint density at radius 2 is 1.62 bits per heavy atom. The molecule has 4 aromatic rings. The molecule has 0 saturated carbocycles. The third kappa shape index (κ3) is 4.62. The van der Waals surface area contributed by atoms with E-state index in [0.717, 1.165) is 33.4 Å². The third-order valence-electron chi connectivity index (χ3n) is 4.37. The van der Waals surface area contributed by atoms with E-state index in [-0.39, 0.29) is 0 Å². The highest BCUT2D eigenvalue weighted by Crippen LogP contribution is 2.32. The summed E-state index contributed by atoms with van der Waals surface area (Å²) in [4.78, 5) is 0. The molecule has 0 aliphatic rings. The SMILES string of the molecule is Cc1cccc(-n2c(SCc3ccc(Cl)cc3Cl)nnc2-c2ccc(Cl)cc2)c1. The first-order chi connectivity index (χ1) is 14.0. The first kappa shape index (κ1) is 20.3. The molecule has 3 nitrogen and oxygen atoms in total. The maximum Gasteiger partial charge on any atom is 0.196 e. The van der Waals surface area contributed by atoms with Crippen LogP contribution in [0, 0.1) is 6.92 Å². The molecule has 0 aliphatic heterocycles. The molecule has 0 amide bonds. The maximum absolute atomic E-state index is 6.34. The number of nitrogens with zero attached hydrogens (tertiary/aromatic N) is 3. The Morgan fingerprint density at radius 1 is 0.862 bits per heavy atom. The quantitative estimate of drug-likeness (QED) is 0.289. The van der Waals surface area contributed by atoms with Crippen molar-refractivity contribution in [3.8, 4) is 17.1 Å². The van der Waals surface area contributed by atoms with E-state index >= 15 is 0 Å². The highest BCUT2D eigenvalue weighted by atomic mass is 35.5. The Labute approximate surface area is 188 Å². The van der Waals surface area contributed by atoms with Gasteiger partial charge in [-0.05, 0) is 66.6 Å². The van der Waals surface area contributed by atoms with Gasteiger partial charge >= 0.3 is 0 Å². The van der Waals surface area contributed by atoms with Crippen LogP contribution in [0.1, 0.15) is 11.1 Å². The third-order valence-corrected chi connectivity index (χ3v) is 6.18. The van der Waals surface area contributed by atoms with Crippen LogP contribution in [0.4, 0.5) is 0 Å². The van der Waals surface area contributed by atoms with Crippen LogP contribution in [-0.2, 0) is 5.75 Å². The molecule has 7 heteroatoms. The lowest BCUT2D eigenvalue weighted by Gasteiger charge is -2.11. The minimum Gasteiger partial charge on any atom is -0.270 e. The lowest BCUT2D eigenvalue weighted by Crippen LogP contribution is -2.00. The monoisotopic (exact) mass is 459 g/mol. The predicted molar refractivity (Wildman–Crippen MR) is 123 cm³/mol. The molecule has 0 bridgehead atoms. The normalized spacial score (nSPS) is 11.0. The zero-order chi connectivity index (χ0) is 20.4. The van der Waals surface area contributed by atoms with Gasteiger partial charge in [0, 0.05) is 32.1 Å². The lowest BCUT2D eigenvalue weighted by molar-refractivity contribution is 0.885. The Hall–Kier alpha value is -1.98. The summed E-state index contributed by atoms with van der Waals surface area (Å²) in [5.74, 6) is 1.41. The van der Waals surface area contributed by atoms with Crippen molar-refractivity contribution in [2.24, 2.45) is 0 Å². The number of aryl methyl sites for hydroxylation is 1. The molecule has 0 spiro atoms. The molecule has 0 radical (unpaired) electrons. The molecule has 1 aromatic heterocycles. The maximum atomic E-state index is 6.34. The van der Waals surface area contributed by atoms with E-state index < -0.39 is 0 Å². The van der Waals surface area contributed by atoms with Gasteiger partial charge in [-0.3, -0.25) is 4.57 Å². The molecule has 146 valence electrons. The van der Waals surface area contributed by atoms with Gasteiger partial charge in [0.1, 0.15) is 0 Å². The predicted octanol–water partition coefficient (Wildman–Crippen LogP) is 7.50. The standard InChI is InChI=1S/C22H16Cl3N3S/c1-14-3-2-4-19(11-14)28-21(15-5-8-17(23)9-6-15)26-27-22(28)29-13-16-7-10-18(24)12-20(16)25/h2-12H,13H2,1H3. The van der Waals surface area contributed by atoms with E-state index in [1.807, 2.05) is 42.5 Å². The molecule has 0 atom stereocenters.